The molecule has 5 nitrogen and oxygen atoms in total. The average molecular weight is 447 g/mol. The van der Waals surface area contributed by atoms with Gasteiger partial charge in [0.1, 0.15) is 29.2 Å². The number of carbonyl (C=O) groups excluding carboxylic acids is 2. The lowest BCUT2D eigenvalue weighted by atomic mass is 9.94. The minimum atomic E-state index is -1.01. The van der Waals surface area contributed by atoms with Crippen molar-refractivity contribution in [2.45, 2.75) is 25.5 Å². The van der Waals surface area contributed by atoms with Gasteiger partial charge < -0.3 is 9.84 Å². The van der Waals surface area contributed by atoms with Crippen LogP contribution in [0.5, 0.6) is 5.75 Å². The fraction of sp³-hybridized carbons (Fsp3) is 0.154. The molecule has 1 saturated heterocycles. The van der Waals surface area contributed by atoms with Crippen LogP contribution in [0.2, 0.25) is 0 Å². The molecule has 2 aliphatic heterocycles. The highest BCUT2D eigenvalue weighted by Crippen LogP contribution is 2.43. The Hall–Kier alpha value is -4.00. The van der Waals surface area contributed by atoms with Crippen LogP contribution < -0.4 is 9.64 Å². The molecule has 3 aromatic carbocycles. The summed E-state index contributed by atoms with van der Waals surface area (Å²) in [5.41, 5.74) is 1.85. The molecule has 0 saturated carbocycles. The molecule has 0 aromatic heterocycles. The third kappa shape index (κ3) is 3.55. The van der Waals surface area contributed by atoms with Gasteiger partial charge in [-0.2, -0.15) is 0 Å². The number of Topliss-reactive ketones (excluding diaryl/α,β-unsaturated/α-hetero) is 1. The van der Waals surface area contributed by atoms with Crippen molar-refractivity contribution >= 4 is 23.1 Å². The van der Waals surface area contributed by atoms with E-state index in [0.29, 0.717) is 23.3 Å². The predicted molar refractivity (Wildman–Crippen MR) is 118 cm³/mol. The van der Waals surface area contributed by atoms with E-state index in [1.807, 2.05) is 6.92 Å². The standard InChI is InChI=1S/C26H19F2NO4/c1-14-12-17-13-16(4-11-21(17)33-14)24(30)22-23(15-2-5-18(27)6-3-15)29(26(32)25(22)31)20-9-7-19(28)8-10-20/h2-11,13-14,23,30H,12H2,1H3/b24-22-. The van der Waals surface area contributed by atoms with Crippen LogP contribution in [-0.4, -0.2) is 22.9 Å². The fourth-order valence-corrected chi connectivity index (χ4v) is 4.39. The maximum atomic E-state index is 13.6. The van der Waals surface area contributed by atoms with E-state index in [4.69, 9.17) is 4.74 Å². The number of ether oxygens (including phenoxy) is 1. The maximum Gasteiger partial charge on any atom is 0.300 e. The molecule has 2 atom stereocenters. The molecule has 7 heteroatoms. The number of ketones is 1. The zero-order chi connectivity index (χ0) is 23.3. The number of amides is 1. The molecule has 166 valence electrons. The summed E-state index contributed by atoms with van der Waals surface area (Å²) >= 11 is 0. The molecule has 2 aliphatic rings. The average Bonchev–Trinajstić information content (AvgIpc) is 3.30. The number of hydrogen-bond donors (Lipinski definition) is 1. The van der Waals surface area contributed by atoms with Crippen LogP contribution in [-0.2, 0) is 16.0 Å². The first-order chi connectivity index (χ1) is 15.8. The van der Waals surface area contributed by atoms with Crippen molar-refractivity contribution in [2.75, 3.05) is 4.90 Å². The van der Waals surface area contributed by atoms with Gasteiger partial charge in [-0.15, -0.1) is 0 Å². The van der Waals surface area contributed by atoms with Crippen molar-refractivity contribution in [2.24, 2.45) is 0 Å². The molecule has 5 rings (SSSR count). The molecule has 33 heavy (non-hydrogen) atoms. The van der Waals surface area contributed by atoms with E-state index in [2.05, 4.69) is 0 Å². The molecular formula is C26H19F2NO4. The second-order valence-electron chi connectivity index (χ2n) is 8.15. The minimum absolute atomic E-state index is 0.000618. The van der Waals surface area contributed by atoms with Crippen molar-refractivity contribution in [3.63, 3.8) is 0 Å². The first-order valence-electron chi connectivity index (χ1n) is 10.5. The number of benzene rings is 3. The number of rotatable bonds is 3. The molecular weight excluding hydrogens is 428 g/mol. The molecule has 1 amide bonds. The van der Waals surface area contributed by atoms with Crippen LogP contribution in [0.4, 0.5) is 14.5 Å². The van der Waals surface area contributed by atoms with Gasteiger partial charge in [0.05, 0.1) is 11.6 Å². The van der Waals surface area contributed by atoms with Gasteiger partial charge in [-0.1, -0.05) is 12.1 Å². The number of halogens is 2. The van der Waals surface area contributed by atoms with Crippen LogP contribution in [0, 0.1) is 11.6 Å². The Morgan fingerprint density at radius 2 is 1.61 bits per heavy atom. The van der Waals surface area contributed by atoms with Crippen molar-refractivity contribution in [1.29, 1.82) is 0 Å². The van der Waals surface area contributed by atoms with Gasteiger partial charge in [0.2, 0.25) is 0 Å². The summed E-state index contributed by atoms with van der Waals surface area (Å²) in [5, 5.41) is 11.2. The molecule has 0 bridgehead atoms. The summed E-state index contributed by atoms with van der Waals surface area (Å²) in [6, 6.07) is 14.5. The number of carbonyl (C=O) groups is 2. The van der Waals surface area contributed by atoms with Crippen LogP contribution >= 0.6 is 0 Å². The van der Waals surface area contributed by atoms with Crippen LogP contribution in [0.25, 0.3) is 5.76 Å². The molecule has 3 aromatic rings. The third-order valence-electron chi connectivity index (χ3n) is 5.90. The highest BCUT2D eigenvalue weighted by atomic mass is 19.1. The van der Waals surface area contributed by atoms with Gasteiger partial charge in [-0.3, -0.25) is 14.5 Å². The Labute approximate surface area is 188 Å². The van der Waals surface area contributed by atoms with E-state index in [1.54, 1.807) is 18.2 Å². The molecule has 1 N–H and O–H groups in total. The summed E-state index contributed by atoms with van der Waals surface area (Å²) < 4.78 is 32.8. The number of aliphatic hydroxyl groups excluding tert-OH is 1. The van der Waals surface area contributed by atoms with E-state index in [0.717, 1.165) is 5.56 Å². The van der Waals surface area contributed by atoms with E-state index >= 15 is 0 Å². The van der Waals surface area contributed by atoms with Gasteiger partial charge in [0.15, 0.2) is 0 Å². The number of nitrogens with zero attached hydrogens (tertiary/aromatic N) is 1. The lowest BCUT2D eigenvalue weighted by Crippen LogP contribution is -2.29. The zero-order valence-electron chi connectivity index (χ0n) is 17.6. The first kappa shape index (κ1) is 20.9. The Morgan fingerprint density at radius 3 is 2.27 bits per heavy atom. The third-order valence-corrected chi connectivity index (χ3v) is 5.90. The summed E-state index contributed by atoms with van der Waals surface area (Å²) in [4.78, 5) is 27.4. The number of anilines is 1. The first-order valence-corrected chi connectivity index (χ1v) is 10.5. The van der Waals surface area contributed by atoms with Crippen molar-refractivity contribution in [1.82, 2.24) is 0 Å². The minimum Gasteiger partial charge on any atom is -0.507 e. The fourth-order valence-electron chi connectivity index (χ4n) is 4.39. The molecule has 2 unspecified atom stereocenters. The molecule has 0 spiro atoms. The maximum absolute atomic E-state index is 13.6. The second kappa shape index (κ2) is 7.85. The highest BCUT2D eigenvalue weighted by Gasteiger charge is 2.47. The van der Waals surface area contributed by atoms with Gasteiger partial charge >= 0.3 is 0 Å². The van der Waals surface area contributed by atoms with Gasteiger partial charge in [0, 0.05) is 17.7 Å². The second-order valence-corrected chi connectivity index (χ2v) is 8.15. The largest absolute Gasteiger partial charge is 0.507 e. The van der Waals surface area contributed by atoms with Crippen LogP contribution in [0.15, 0.2) is 72.3 Å². The highest BCUT2D eigenvalue weighted by molar-refractivity contribution is 6.51. The van der Waals surface area contributed by atoms with Crippen molar-refractivity contribution < 1.29 is 28.2 Å². The lowest BCUT2D eigenvalue weighted by molar-refractivity contribution is -0.132. The number of aliphatic hydroxyl groups is 1. The normalized spacial score (nSPS) is 21.2. The summed E-state index contributed by atoms with van der Waals surface area (Å²) in [6.45, 7) is 1.93. The molecule has 0 radical (unpaired) electrons. The summed E-state index contributed by atoms with van der Waals surface area (Å²) in [6.07, 6.45) is 0.655. The van der Waals surface area contributed by atoms with E-state index in [1.165, 1.54) is 53.4 Å². The van der Waals surface area contributed by atoms with Crippen molar-refractivity contribution in [3.8, 4) is 5.75 Å². The Morgan fingerprint density at radius 1 is 0.970 bits per heavy atom. The Bertz CT molecular complexity index is 1300. The Balaban J connectivity index is 1.68. The van der Waals surface area contributed by atoms with Crippen LogP contribution in [0.3, 0.4) is 0 Å². The number of fused-ring (bicyclic) bond motifs is 1. The zero-order valence-corrected chi connectivity index (χ0v) is 17.6. The topological polar surface area (TPSA) is 66.8 Å². The predicted octanol–water partition coefficient (Wildman–Crippen LogP) is 4.91. The van der Waals surface area contributed by atoms with Gasteiger partial charge in [0.25, 0.3) is 11.7 Å². The van der Waals surface area contributed by atoms with Gasteiger partial charge in [-0.05, 0) is 72.6 Å². The smallest absolute Gasteiger partial charge is 0.300 e. The quantitative estimate of drug-likeness (QED) is 0.352. The summed E-state index contributed by atoms with van der Waals surface area (Å²) in [7, 11) is 0. The molecule has 0 aliphatic carbocycles. The summed E-state index contributed by atoms with van der Waals surface area (Å²) in [5.74, 6) is -2.35. The number of hydrogen-bond acceptors (Lipinski definition) is 4. The van der Waals surface area contributed by atoms with E-state index in [9.17, 15) is 23.5 Å². The van der Waals surface area contributed by atoms with Crippen molar-refractivity contribution in [3.05, 3.63) is 101 Å². The van der Waals surface area contributed by atoms with E-state index < -0.39 is 29.4 Å². The molecule has 1 fully saturated rings. The van der Waals surface area contributed by atoms with Crippen LogP contribution in [0.1, 0.15) is 29.7 Å². The lowest BCUT2D eigenvalue weighted by Gasteiger charge is -2.25. The van der Waals surface area contributed by atoms with Gasteiger partial charge in [-0.25, -0.2) is 8.78 Å². The monoisotopic (exact) mass is 447 g/mol. The SMILES string of the molecule is CC1Cc2cc(/C(O)=C3/C(=O)C(=O)N(c4ccc(F)cc4)C3c3ccc(F)cc3)ccc2O1. The Kier molecular flexibility index (Phi) is 4.96. The molecule has 2 heterocycles. The van der Waals surface area contributed by atoms with E-state index in [-0.39, 0.29) is 23.1 Å².